The van der Waals surface area contributed by atoms with E-state index in [2.05, 4.69) is 20.3 Å². The molecule has 3 heterocycles. The van der Waals surface area contributed by atoms with E-state index < -0.39 is 11.5 Å². The van der Waals surface area contributed by atoms with Gasteiger partial charge in [-0.3, -0.25) is 19.5 Å². The molecule has 0 spiro atoms. The van der Waals surface area contributed by atoms with Crippen molar-refractivity contribution in [3.63, 3.8) is 0 Å². The zero-order valence-electron chi connectivity index (χ0n) is 23.9. The third-order valence-corrected chi connectivity index (χ3v) is 6.83. The zero-order chi connectivity index (χ0) is 30.5. The first-order valence-corrected chi connectivity index (χ1v) is 13.6. The van der Waals surface area contributed by atoms with Gasteiger partial charge in [0.15, 0.2) is 11.5 Å². The number of methoxy groups -OCH3 is 2. The maximum atomic E-state index is 14.2. The largest absolute Gasteiger partial charge is 0.493 e. The summed E-state index contributed by atoms with van der Waals surface area (Å²) in [6.45, 7) is 0. The molecule has 0 saturated carbocycles. The van der Waals surface area contributed by atoms with Gasteiger partial charge < -0.3 is 24.5 Å². The number of rotatable bonds is 9. The van der Waals surface area contributed by atoms with Crippen LogP contribution in [0.5, 0.6) is 23.0 Å². The Bertz CT molecular complexity index is 1980. The second-order valence-electron chi connectivity index (χ2n) is 9.55. The van der Waals surface area contributed by atoms with E-state index in [1.165, 1.54) is 17.3 Å². The number of fused-ring (bicyclic) bond motifs is 1. The molecular weight excluding hydrogens is 558 g/mol. The normalized spacial score (nSPS) is 10.7. The van der Waals surface area contributed by atoms with Crippen molar-refractivity contribution in [1.82, 2.24) is 15.0 Å². The minimum absolute atomic E-state index is 0.0602. The Labute approximate surface area is 252 Å². The van der Waals surface area contributed by atoms with E-state index in [4.69, 9.17) is 14.2 Å². The smallest absolute Gasteiger partial charge is 0.271 e. The highest BCUT2D eigenvalue weighted by Crippen LogP contribution is 2.37. The van der Waals surface area contributed by atoms with Crippen molar-refractivity contribution in [3.8, 4) is 23.0 Å². The molecule has 3 aromatic heterocycles. The number of para-hydroxylation sites is 2. The number of hydrogen-bond acceptors (Lipinski definition) is 8. The molecule has 0 fully saturated rings. The van der Waals surface area contributed by atoms with Gasteiger partial charge >= 0.3 is 0 Å². The van der Waals surface area contributed by atoms with Gasteiger partial charge in [-0.25, -0.2) is 4.98 Å². The number of benzene rings is 3. The van der Waals surface area contributed by atoms with Gasteiger partial charge in [-0.05, 0) is 54.6 Å². The summed E-state index contributed by atoms with van der Waals surface area (Å²) in [5, 5.41) is 3.91. The summed E-state index contributed by atoms with van der Waals surface area (Å²) in [5.41, 5.74) is 1.70. The number of aromatic nitrogens is 3. The minimum atomic E-state index is -0.557. The van der Waals surface area contributed by atoms with E-state index in [1.807, 2.05) is 48.5 Å². The molecule has 0 aliphatic carbocycles. The van der Waals surface area contributed by atoms with E-state index in [0.29, 0.717) is 45.7 Å². The van der Waals surface area contributed by atoms with Crippen LogP contribution in [0.1, 0.15) is 10.4 Å². The molecule has 1 amide bonds. The van der Waals surface area contributed by atoms with E-state index >= 15 is 0 Å². The number of anilines is 4. The second-order valence-corrected chi connectivity index (χ2v) is 9.55. The van der Waals surface area contributed by atoms with E-state index in [-0.39, 0.29) is 5.56 Å². The highest BCUT2D eigenvalue weighted by Gasteiger charge is 2.26. The standard InChI is InChI=1S/C34H27N5O5/c1-42-29-19-25-27(20-30(29)43-2)35-18-16-28(25)44-24-13-14-31(37-21-24)39(23-11-7-4-8-12-23)34(41)32-26(15-17-36-33(32)40)38-22-9-5-3-6-10-22/h3-21H,1-2H3,(H2,36,38,40). The van der Waals surface area contributed by atoms with Crippen molar-refractivity contribution < 1.29 is 19.0 Å². The highest BCUT2D eigenvalue weighted by molar-refractivity contribution is 6.13. The first kappa shape index (κ1) is 28.0. The molecule has 3 aromatic carbocycles. The Morgan fingerprint density at radius 3 is 2.25 bits per heavy atom. The Morgan fingerprint density at radius 2 is 1.55 bits per heavy atom. The topological polar surface area (TPSA) is 119 Å². The summed E-state index contributed by atoms with van der Waals surface area (Å²) in [4.78, 5) is 40.3. The molecule has 2 N–H and O–H groups in total. The van der Waals surface area contributed by atoms with Crippen LogP contribution in [0.2, 0.25) is 0 Å². The summed E-state index contributed by atoms with van der Waals surface area (Å²) >= 11 is 0. The summed E-state index contributed by atoms with van der Waals surface area (Å²) in [6, 6.07) is 28.7. The number of nitrogens with one attached hydrogen (secondary N) is 2. The van der Waals surface area contributed by atoms with Crippen molar-refractivity contribution in [1.29, 1.82) is 0 Å². The maximum absolute atomic E-state index is 14.2. The predicted octanol–water partition coefficient (Wildman–Crippen LogP) is 6.85. The van der Waals surface area contributed by atoms with Gasteiger partial charge in [0.2, 0.25) is 0 Å². The molecule has 0 unspecified atom stereocenters. The SMILES string of the molecule is COc1cc2nccc(Oc3ccc(N(C(=O)c4c(Nc5ccccc5)cc[nH]c4=O)c4ccccc4)nc3)c2cc1OC. The van der Waals surface area contributed by atoms with E-state index in [9.17, 15) is 9.59 Å². The fourth-order valence-electron chi connectivity index (χ4n) is 4.74. The number of carbonyl (C=O) groups excluding carboxylic acids is 1. The lowest BCUT2D eigenvalue weighted by Gasteiger charge is -2.23. The van der Waals surface area contributed by atoms with Crippen LogP contribution in [0.25, 0.3) is 10.9 Å². The average Bonchev–Trinajstić information content (AvgIpc) is 3.06. The number of hydrogen-bond donors (Lipinski definition) is 2. The molecular formula is C34H27N5O5. The van der Waals surface area contributed by atoms with Crippen LogP contribution in [-0.4, -0.2) is 35.1 Å². The summed E-state index contributed by atoms with van der Waals surface area (Å²) in [5.74, 6) is 1.81. The van der Waals surface area contributed by atoms with Crippen molar-refractivity contribution in [2.24, 2.45) is 0 Å². The summed E-state index contributed by atoms with van der Waals surface area (Å²) in [7, 11) is 3.13. The molecule has 44 heavy (non-hydrogen) atoms. The van der Waals surface area contributed by atoms with Gasteiger partial charge in [0.05, 0.1) is 37.3 Å². The van der Waals surface area contributed by atoms with E-state index in [1.54, 1.807) is 68.9 Å². The molecule has 218 valence electrons. The molecule has 0 aliphatic rings. The average molecular weight is 586 g/mol. The van der Waals surface area contributed by atoms with Gasteiger partial charge in [-0.1, -0.05) is 36.4 Å². The summed E-state index contributed by atoms with van der Waals surface area (Å²) < 4.78 is 17.0. The van der Waals surface area contributed by atoms with Gasteiger partial charge in [0.1, 0.15) is 22.9 Å². The Morgan fingerprint density at radius 1 is 0.818 bits per heavy atom. The van der Waals surface area contributed by atoms with Gasteiger partial charge in [0, 0.05) is 29.5 Å². The Kier molecular flexibility index (Phi) is 7.87. The molecule has 10 nitrogen and oxygen atoms in total. The molecule has 0 radical (unpaired) electrons. The number of nitrogens with zero attached hydrogens (tertiary/aromatic N) is 3. The van der Waals surface area contributed by atoms with Crippen LogP contribution in [0.15, 0.2) is 120 Å². The van der Waals surface area contributed by atoms with Crippen LogP contribution >= 0.6 is 0 Å². The molecule has 0 saturated heterocycles. The van der Waals surface area contributed by atoms with Crippen LogP contribution < -0.4 is 30.0 Å². The van der Waals surface area contributed by atoms with Gasteiger partial charge in [-0.15, -0.1) is 0 Å². The molecule has 0 bridgehead atoms. The number of ether oxygens (including phenoxy) is 3. The van der Waals surface area contributed by atoms with E-state index in [0.717, 1.165) is 11.1 Å². The number of H-pyrrole nitrogens is 1. The molecule has 6 aromatic rings. The number of pyridine rings is 3. The lowest BCUT2D eigenvalue weighted by molar-refractivity contribution is 0.0998. The predicted molar refractivity (Wildman–Crippen MR) is 169 cm³/mol. The lowest BCUT2D eigenvalue weighted by atomic mass is 10.1. The second kappa shape index (κ2) is 12.4. The third-order valence-electron chi connectivity index (χ3n) is 6.83. The first-order chi connectivity index (χ1) is 21.6. The zero-order valence-corrected chi connectivity index (χ0v) is 23.9. The fourth-order valence-corrected chi connectivity index (χ4v) is 4.74. The quantitative estimate of drug-likeness (QED) is 0.189. The first-order valence-electron chi connectivity index (χ1n) is 13.6. The molecule has 0 atom stereocenters. The third kappa shape index (κ3) is 5.64. The van der Waals surface area contributed by atoms with Crippen molar-refractivity contribution in [2.45, 2.75) is 0 Å². The summed E-state index contributed by atoms with van der Waals surface area (Å²) in [6.07, 6.45) is 4.65. The minimum Gasteiger partial charge on any atom is -0.493 e. The number of carbonyl (C=O) groups is 1. The van der Waals surface area contributed by atoms with Crippen molar-refractivity contribution in [3.05, 3.63) is 132 Å². The van der Waals surface area contributed by atoms with Crippen LogP contribution in [0.3, 0.4) is 0 Å². The van der Waals surface area contributed by atoms with Gasteiger partial charge in [-0.2, -0.15) is 0 Å². The monoisotopic (exact) mass is 585 g/mol. The van der Waals surface area contributed by atoms with Crippen LogP contribution in [-0.2, 0) is 0 Å². The Balaban J connectivity index is 1.35. The maximum Gasteiger partial charge on any atom is 0.271 e. The molecule has 10 heteroatoms. The van der Waals surface area contributed by atoms with Gasteiger partial charge in [0.25, 0.3) is 11.5 Å². The fraction of sp³-hybridized carbons (Fsp3) is 0.0588. The van der Waals surface area contributed by atoms with Crippen LogP contribution in [0.4, 0.5) is 22.9 Å². The highest BCUT2D eigenvalue weighted by atomic mass is 16.5. The molecule has 0 aliphatic heterocycles. The number of amides is 1. The van der Waals surface area contributed by atoms with Crippen molar-refractivity contribution in [2.75, 3.05) is 24.4 Å². The number of aromatic amines is 1. The Hall–Kier alpha value is -6.16. The van der Waals surface area contributed by atoms with Crippen LogP contribution in [0, 0.1) is 0 Å². The van der Waals surface area contributed by atoms with Crippen molar-refractivity contribution >= 4 is 39.7 Å². The molecule has 6 rings (SSSR count). The lowest BCUT2D eigenvalue weighted by Crippen LogP contribution is -2.32.